The topological polar surface area (TPSA) is 96.7 Å². The minimum atomic E-state index is -0.685. The molecule has 8 heteroatoms. The summed E-state index contributed by atoms with van der Waals surface area (Å²) in [4.78, 5) is 12.3. The summed E-state index contributed by atoms with van der Waals surface area (Å²) in [6.07, 6.45) is 5.06. The van der Waals surface area contributed by atoms with Gasteiger partial charge in [-0.1, -0.05) is 11.8 Å². The van der Waals surface area contributed by atoms with Crippen molar-refractivity contribution in [2.75, 3.05) is 5.75 Å². The zero-order chi connectivity index (χ0) is 17.9. The Bertz CT molecular complexity index is 798. The Labute approximate surface area is 150 Å². The molecule has 1 saturated carbocycles. The first kappa shape index (κ1) is 17.5. The molecule has 0 saturated heterocycles. The van der Waals surface area contributed by atoms with Crippen LogP contribution in [0.2, 0.25) is 0 Å². The van der Waals surface area contributed by atoms with Crippen LogP contribution in [-0.2, 0) is 11.3 Å². The van der Waals surface area contributed by atoms with E-state index in [1.807, 2.05) is 24.5 Å². The van der Waals surface area contributed by atoms with E-state index in [1.54, 1.807) is 6.26 Å². The van der Waals surface area contributed by atoms with Gasteiger partial charge in [-0.2, -0.15) is 5.26 Å². The van der Waals surface area contributed by atoms with Crippen molar-refractivity contribution in [1.29, 1.82) is 5.26 Å². The van der Waals surface area contributed by atoms with Crippen LogP contribution in [0, 0.1) is 18.3 Å². The summed E-state index contributed by atoms with van der Waals surface area (Å²) in [6, 6.07) is 4.14. The lowest BCUT2D eigenvalue weighted by Crippen LogP contribution is -2.45. The van der Waals surface area contributed by atoms with Crippen molar-refractivity contribution < 1.29 is 9.21 Å². The molecule has 132 valence electrons. The Morgan fingerprint density at radius 2 is 2.24 bits per heavy atom. The van der Waals surface area contributed by atoms with Crippen LogP contribution >= 0.6 is 11.8 Å². The number of thioether (sulfide) groups is 1. The van der Waals surface area contributed by atoms with Gasteiger partial charge >= 0.3 is 0 Å². The van der Waals surface area contributed by atoms with Gasteiger partial charge in [0.05, 0.1) is 23.6 Å². The Morgan fingerprint density at radius 1 is 1.48 bits per heavy atom. The number of furan rings is 1. The molecule has 1 aliphatic rings. The quantitative estimate of drug-likeness (QED) is 0.797. The van der Waals surface area contributed by atoms with Crippen molar-refractivity contribution in [2.45, 2.75) is 56.8 Å². The minimum absolute atomic E-state index is 0.139. The molecule has 0 unspecified atom stereocenters. The summed E-state index contributed by atoms with van der Waals surface area (Å²) >= 11 is 1.33. The summed E-state index contributed by atoms with van der Waals surface area (Å²) in [5.41, 5.74) is 0.217. The lowest BCUT2D eigenvalue weighted by Gasteiger charge is -2.21. The summed E-state index contributed by atoms with van der Waals surface area (Å²) in [5, 5.41) is 21.4. The van der Waals surface area contributed by atoms with E-state index in [2.05, 4.69) is 21.6 Å². The molecule has 0 bridgehead atoms. The Balaban J connectivity index is 1.68. The zero-order valence-corrected chi connectivity index (χ0v) is 15.2. The van der Waals surface area contributed by atoms with Crippen LogP contribution in [0.5, 0.6) is 0 Å². The highest BCUT2D eigenvalue weighted by molar-refractivity contribution is 7.99. The van der Waals surface area contributed by atoms with Crippen molar-refractivity contribution in [3.05, 3.63) is 18.1 Å². The van der Waals surface area contributed by atoms with E-state index in [-0.39, 0.29) is 11.7 Å². The molecule has 0 spiro atoms. The molecule has 2 heterocycles. The van der Waals surface area contributed by atoms with E-state index in [4.69, 9.17) is 4.42 Å². The predicted molar refractivity (Wildman–Crippen MR) is 93.8 cm³/mol. The molecular formula is C17H21N5O2S. The van der Waals surface area contributed by atoms with Crippen LogP contribution in [0.25, 0.3) is 11.4 Å². The van der Waals surface area contributed by atoms with Crippen molar-refractivity contribution >= 4 is 17.7 Å². The fourth-order valence-corrected chi connectivity index (χ4v) is 3.98. The number of aryl methyl sites for hydroxylation is 1. The van der Waals surface area contributed by atoms with Gasteiger partial charge in [-0.25, -0.2) is 0 Å². The van der Waals surface area contributed by atoms with Gasteiger partial charge in [-0.05, 0) is 45.6 Å². The average Bonchev–Trinajstić information content (AvgIpc) is 3.32. The van der Waals surface area contributed by atoms with Crippen molar-refractivity contribution in [3.8, 4) is 17.5 Å². The maximum Gasteiger partial charge on any atom is 0.231 e. The first-order chi connectivity index (χ1) is 12.1. The second-order valence-corrected chi connectivity index (χ2v) is 7.12. The molecule has 0 radical (unpaired) electrons. The second kappa shape index (κ2) is 7.31. The van der Waals surface area contributed by atoms with E-state index in [1.165, 1.54) is 11.8 Å². The third kappa shape index (κ3) is 3.56. The SMILES string of the molecule is CCn1c(SCC(=O)NC2(C#N)CCCC2)nnc1-c1ccoc1C. The molecule has 1 fully saturated rings. The van der Waals surface area contributed by atoms with Crippen LogP contribution in [0.15, 0.2) is 21.9 Å². The smallest absolute Gasteiger partial charge is 0.231 e. The molecule has 1 N–H and O–H groups in total. The Morgan fingerprint density at radius 3 is 2.84 bits per heavy atom. The second-order valence-electron chi connectivity index (χ2n) is 6.18. The Hall–Kier alpha value is -2.27. The fraction of sp³-hybridized carbons (Fsp3) is 0.529. The number of amides is 1. The van der Waals surface area contributed by atoms with Gasteiger partial charge in [-0.15, -0.1) is 10.2 Å². The summed E-state index contributed by atoms with van der Waals surface area (Å²) < 4.78 is 7.30. The lowest BCUT2D eigenvalue weighted by molar-refractivity contribution is -0.119. The molecule has 25 heavy (non-hydrogen) atoms. The van der Waals surface area contributed by atoms with Crippen molar-refractivity contribution in [2.24, 2.45) is 0 Å². The van der Waals surface area contributed by atoms with Gasteiger partial charge in [0.2, 0.25) is 5.91 Å². The number of nitriles is 1. The molecule has 1 amide bonds. The number of hydrogen-bond acceptors (Lipinski definition) is 6. The number of carbonyl (C=O) groups is 1. The molecule has 2 aromatic heterocycles. The number of hydrogen-bond donors (Lipinski definition) is 1. The Kier molecular flexibility index (Phi) is 5.13. The molecular weight excluding hydrogens is 338 g/mol. The number of aromatic nitrogens is 3. The van der Waals surface area contributed by atoms with Crippen molar-refractivity contribution in [1.82, 2.24) is 20.1 Å². The minimum Gasteiger partial charge on any atom is -0.469 e. The van der Waals surface area contributed by atoms with E-state index >= 15 is 0 Å². The van der Waals surface area contributed by atoms with E-state index in [0.29, 0.717) is 11.7 Å². The van der Waals surface area contributed by atoms with Gasteiger partial charge in [-0.3, -0.25) is 4.79 Å². The van der Waals surface area contributed by atoms with Crippen LogP contribution in [-0.4, -0.2) is 32.0 Å². The highest BCUT2D eigenvalue weighted by Gasteiger charge is 2.35. The van der Waals surface area contributed by atoms with Gasteiger partial charge in [0.25, 0.3) is 0 Å². The third-order valence-corrected chi connectivity index (χ3v) is 5.48. The fourth-order valence-electron chi connectivity index (χ4n) is 3.17. The van der Waals surface area contributed by atoms with E-state index < -0.39 is 5.54 Å². The third-order valence-electron chi connectivity index (χ3n) is 4.51. The molecule has 0 atom stereocenters. The van der Waals surface area contributed by atoms with Gasteiger partial charge < -0.3 is 14.3 Å². The molecule has 7 nitrogen and oxygen atoms in total. The molecule has 2 aromatic rings. The summed E-state index contributed by atoms with van der Waals surface area (Å²) in [7, 11) is 0. The van der Waals surface area contributed by atoms with Gasteiger partial charge in [0, 0.05) is 6.54 Å². The monoisotopic (exact) mass is 359 g/mol. The molecule has 1 aliphatic carbocycles. The zero-order valence-electron chi connectivity index (χ0n) is 14.4. The van der Waals surface area contributed by atoms with E-state index in [0.717, 1.165) is 42.8 Å². The molecule has 3 rings (SSSR count). The van der Waals surface area contributed by atoms with Crippen LogP contribution in [0.4, 0.5) is 0 Å². The van der Waals surface area contributed by atoms with Gasteiger partial charge in [0.15, 0.2) is 11.0 Å². The summed E-state index contributed by atoms with van der Waals surface area (Å²) in [5.74, 6) is 1.60. The first-order valence-corrected chi connectivity index (χ1v) is 9.40. The largest absolute Gasteiger partial charge is 0.469 e. The van der Waals surface area contributed by atoms with E-state index in [9.17, 15) is 10.1 Å². The maximum atomic E-state index is 12.3. The lowest BCUT2D eigenvalue weighted by atomic mass is 10.0. The molecule has 0 aliphatic heterocycles. The normalized spacial score (nSPS) is 15.9. The average molecular weight is 359 g/mol. The first-order valence-electron chi connectivity index (χ1n) is 8.41. The number of nitrogens with one attached hydrogen (secondary N) is 1. The van der Waals surface area contributed by atoms with Crippen LogP contribution in [0.3, 0.4) is 0 Å². The van der Waals surface area contributed by atoms with Crippen LogP contribution < -0.4 is 5.32 Å². The van der Waals surface area contributed by atoms with Crippen LogP contribution in [0.1, 0.15) is 38.4 Å². The standard InChI is InChI=1S/C17H21N5O2S/c1-3-22-15(13-6-9-24-12(13)2)20-21-16(22)25-10-14(23)19-17(11-18)7-4-5-8-17/h6,9H,3-5,7-8,10H2,1-2H3,(H,19,23). The predicted octanol–water partition coefficient (Wildman–Crippen LogP) is 2.91. The molecule has 0 aromatic carbocycles. The number of nitrogens with zero attached hydrogens (tertiary/aromatic N) is 4. The van der Waals surface area contributed by atoms with Crippen molar-refractivity contribution in [3.63, 3.8) is 0 Å². The maximum absolute atomic E-state index is 12.3. The number of rotatable bonds is 6. The van der Waals surface area contributed by atoms with Gasteiger partial charge in [0.1, 0.15) is 11.3 Å². The summed E-state index contributed by atoms with van der Waals surface area (Å²) in [6.45, 7) is 4.59. The number of carbonyl (C=O) groups excluding carboxylic acids is 1. The highest BCUT2D eigenvalue weighted by atomic mass is 32.2. The highest BCUT2D eigenvalue weighted by Crippen LogP contribution is 2.30.